The van der Waals surface area contributed by atoms with Crippen LogP contribution in [-0.2, 0) is 0 Å². The molecule has 0 aliphatic heterocycles. The van der Waals surface area contributed by atoms with Crippen molar-refractivity contribution in [2.24, 2.45) is 0 Å². The highest BCUT2D eigenvalue weighted by atomic mass is 16.4. The third-order valence-electron chi connectivity index (χ3n) is 2.73. The van der Waals surface area contributed by atoms with Gasteiger partial charge in [-0.3, -0.25) is 4.79 Å². The van der Waals surface area contributed by atoms with Crippen molar-refractivity contribution in [2.75, 3.05) is 0 Å². The Hall–Kier alpha value is -2.42. The third kappa shape index (κ3) is 2.30. The van der Waals surface area contributed by atoms with E-state index in [9.17, 15) is 9.59 Å². The highest BCUT2D eigenvalue weighted by molar-refractivity contribution is 6.03. The van der Waals surface area contributed by atoms with Crippen LogP contribution in [0, 0.1) is 0 Å². The van der Waals surface area contributed by atoms with E-state index in [2.05, 4.69) is 0 Å². The standard InChI is InChI=1S/C15H12O3/c1-10(16)14-9-12(15(17)18)7-8-13(14)11-5-3-2-4-6-11/h2-9H,1H3,(H,17,18). The Labute approximate surface area is 105 Å². The molecule has 3 nitrogen and oxygen atoms in total. The molecule has 0 saturated carbocycles. The molecule has 0 saturated heterocycles. The van der Waals surface area contributed by atoms with Crippen molar-refractivity contribution in [1.29, 1.82) is 0 Å². The van der Waals surface area contributed by atoms with E-state index in [0.29, 0.717) is 5.56 Å². The first kappa shape index (κ1) is 12.0. The maximum atomic E-state index is 11.6. The van der Waals surface area contributed by atoms with Crippen molar-refractivity contribution < 1.29 is 14.7 Å². The zero-order valence-electron chi connectivity index (χ0n) is 9.88. The fraction of sp³-hybridized carbons (Fsp3) is 0.0667. The van der Waals surface area contributed by atoms with E-state index in [1.807, 2.05) is 30.3 Å². The molecule has 0 atom stereocenters. The van der Waals surface area contributed by atoms with Gasteiger partial charge in [0.25, 0.3) is 0 Å². The normalized spacial score (nSPS) is 10.1. The van der Waals surface area contributed by atoms with Gasteiger partial charge in [-0.05, 0) is 30.2 Å². The van der Waals surface area contributed by atoms with E-state index in [1.165, 1.54) is 19.1 Å². The lowest BCUT2D eigenvalue weighted by molar-refractivity contribution is 0.0697. The van der Waals surface area contributed by atoms with E-state index in [-0.39, 0.29) is 11.3 Å². The monoisotopic (exact) mass is 240 g/mol. The first-order valence-corrected chi connectivity index (χ1v) is 5.53. The lowest BCUT2D eigenvalue weighted by atomic mass is 9.95. The summed E-state index contributed by atoms with van der Waals surface area (Å²) in [6, 6.07) is 14.0. The molecular formula is C15H12O3. The summed E-state index contributed by atoms with van der Waals surface area (Å²) in [6.07, 6.45) is 0. The van der Waals surface area contributed by atoms with E-state index >= 15 is 0 Å². The fourth-order valence-electron chi connectivity index (χ4n) is 1.84. The second kappa shape index (κ2) is 4.84. The van der Waals surface area contributed by atoms with Crippen LogP contribution in [0.3, 0.4) is 0 Å². The van der Waals surface area contributed by atoms with Gasteiger partial charge in [-0.2, -0.15) is 0 Å². The first-order chi connectivity index (χ1) is 8.59. The van der Waals surface area contributed by atoms with Crippen molar-refractivity contribution in [3.05, 3.63) is 59.7 Å². The quantitative estimate of drug-likeness (QED) is 0.838. The highest BCUT2D eigenvalue weighted by Crippen LogP contribution is 2.25. The van der Waals surface area contributed by atoms with Gasteiger partial charge in [0, 0.05) is 5.56 Å². The van der Waals surface area contributed by atoms with Crippen LogP contribution < -0.4 is 0 Å². The number of carboxylic acid groups (broad SMARTS) is 1. The van der Waals surface area contributed by atoms with Crippen LogP contribution in [0.25, 0.3) is 11.1 Å². The second-order valence-corrected chi connectivity index (χ2v) is 3.99. The van der Waals surface area contributed by atoms with Crippen LogP contribution in [0.15, 0.2) is 48.5 Å². The van der Waals surface area contributed by atoms with Gasteiger partial charge < -0.3 is 5.11 Å². The number of Topliss-reactive ketones (excluding diaryl/α,β-unsaturated/α-hetero) is 1. The van der Waals surface area contributed by atoms with Crippen LogP contribution in [0.4, 0.5) is 0 Å². The van der Waals surface area contributed by atoms with Gasteiger partial charge in [-0.25, -0.2) is 4.79 Å². The first-order valence-electron chi connectivity index (χ1n) is 5.53. The lowest BCUT2D eigenvalue weighted by Crippen LogP contribution is -2.02. The minimum absolute atomic E-state index is 0.125. The number of rotatable bonds is 3. The summed E-state index contributed by atoms with van der Waals surface area (Å²) in [5, 5.41) is 8.94. The van der Waals surface area contributed by atoms with Crippen LogP contribution >= 0.6 is 0 Å². The summed E-state index contributed by atoms with van der Waals surface area (Å²) in [7, 11) is 0. The highest BCUT2D eigenvalue weighted by Gasteiger charge is 2.12. The largest absolute Gasteiger partial charge is 0.478 e. The van der Waals surface area contributed by atoms with Gasteiger partial charge in [0.2, 0.25) is 0 Å². The predicted molar refractivity (Wildman–Crippen MR) is 68.8 cm³/mol. The van der Waals surface area contributed by atoms with E-state index in [0.717, 1.165) is 11.1 Å². The molecule has 2 aromatic carbocycles. The van der Waals surface area contributed by atoms with Crippen molar-refractivity contribution in [2.45, 2.75) is 6.92 Å². The summed E-state index contributed by atoms with van der Waals surface area (Å²) in [5.74, 6) is -1.17. The molecule has 1 N–H and O–H groups in total. The average molecular weight is 240 g/mol. The molecule has 0 bridgehead atoms. The second-order valence-electron chi connectivity index (χ2n) is 3.99. The van der Waals surface area contributed by atoms with Crippen molar-refractivity contribution >= 4 is 11.8 Å². The number of benzene rings is 2. The molecule has 3 heteroatoms. The molecular weight excluding hydrogens is 228 g/mol. The number of hydrogen-bond acceptors (Lipinski definition) is 2. The topological polar surface area (TPSA) is 54.4 Å². The van der Waals surface area contributed by atoms with E-state index < -0.39 is 5.97 Å². The molecule has 2 rings (SSSR count). The van der Waals surface area contributed by atoms with Crippen molar-refractivity contribution in [1.82, 2.24) is 0 Å². The zero-order valence-corrected chi connectivity index (χ0v) is 9.88. The van der Waals surface area contributed by atoms with Gasteiger partial charge in [-0.1, -0.05) is 36.4 Å². The SMILES string of the molecule is CC(=O)c1cc(C(=O)O)ccc1-c1ccccc1. The molecule has 0 aromatic heterocycles. The van der Waals surface area contributed by atoms with Gasteiger partial charge in [0.1, 0.15) is 0 Å². The number of hydrogen-bond donors (Lipinski definition) is 1. The maximum Gasteiger partial charge on any atom is 0.335 e. The third-order valence-corrected chi connectivity index (χ3v) is 2.73. The number of aromatic carboxylic acids is 1. The van der Waals surface area contributed by atoms with Gasteiger partial charge >= 0.3 is 5.97 Å². The van der Waals surface area contributed by atoms with Crippen LogP contribution in [-0.4, -0.2) is 16.9 Å². The Balaban J connectivity index is 2.61. The molecule has 0 amide bonds. The zero-order chi connectivity index (χ0) is 13.1. The molecule has 0 aliphatic carbocycles. The molecule has 0 spiro atoms. The van der Waals surface area contributed by atoms with E-state index in [4.69, 9.17) is 5.11 Å². The molecule has 90 valence electrons. The van der Waals surface area contributed by atoms with Gasteiger partial charge in [0.05, 0.1) is 5.56 Å². The Morgan fingerprint density at radius 1 is 1.00 bits per heavy atom. The molecule has 0 heterocycles. The summed E-state index contributed by atoms with van der Waals surface area (Å²) in [5.41, 5.74) is 2.22. The Kier molecular flexibility index (Phi) is 3.24. The Bertz CT molecular complexity index is 600. The fourth-order valence-corrected chi connectivity index (χ4v) is 1.84. The molecule has 0 unspecified atom stereocenters. The number of carboxylic acids is 1. The smallest absolute Gasteiger partial charge is 0.335 e. The lowest BCUT2D eigenvalue weighted by Gasteiger charge is -2.08. The minimum atomic E-state index is -1.03. The van der Waals surface area contributed by atoms with Gasteiger partial charge in [0.15, 0.2) is 5.78 Å². The van der Waals surface area contributed by atoms with Crippen molar-refractivity contribution in [3.8, 4) is 11.1 Å². The molecule has 0 radical (unpaired) electrons. The van der Waals surface area contributed by atoms with Gasteiger partial charge in [-0.15, -0.1) is 0 Å². The van der Waals surface area contributed by atoms with Crippen LogP contribution in [0.1, 0.15) is 27.6 Å². The summed E-state index contributed by atoms with van der Waals surface area (Å²) in [4.78, 5) is 22.5. The average Bonchev–Trinajstić information content (AvgIpc) is 2.39. The Morgan fingerprint density at radius 3 is 2.22 bits per heavy atom. The number of carbonyl (C=O) groups excluding carboxylic acids is 1. The van der Waals surface area contributed by atoms with Crippen LogP contribution in [0.2, 0.25) is 0 Å². The maximum absolute atomic E-state index is 11.6. The summed E-state index contributed by atoms with van der Waals surface area (Å²) >= 11 is 0. The van der Waals surface area contributed by atoms with E-state index in [1.54, 1.807) is 6.07 Å². The van der Waals surface area contributed by atoms with Crippen molar-refractivity contribution in [3.63, 3.8) is 0 Å². The minimum Gasteiger partial charge on any atom is -0.478 e. The molecule has 18 heavy (non-hydrogen) atoms. The molecule has 2 aromatic rings. The van der Waals surface area contributed by atoms with Crippen LogP contribution in [0.5, 0.6) is 0 Å². The molecule has 0 aliphatic rings. The Morgan fingerprint density at radius 2 is 1.67 bits per heavy atom. The predicted octanol–water partition coefficient (Wildman–Crippen LogP) is 3.25. The number of ketones is 1. The summed E-state index contributed by atoms with van der Waals surface area (Å²) in [6.45, 7) is 1.44. The molecule has 0 fully saturated rings. The number of carbonyl (C=O) groups is 2. The summed E-state index contributed by atoms with van der Waals surface area (Å²) < 4.78 is 0.